The lowest BCUT2D eigenvalue weighted by Gasteiger charge is -2.36. The van der Waals surface area contributed by atoms with Crippen LogP contribution in [-0.2, 0) is 4.79 Å². The molecular weight excluding hydrogens is 346 g/mol. The third kappa shape index (κ3) is 3.78. The van der Waals surface area contributed by atoms with Gasteiger partial charge in [-0.3, -0.25) is 4.79 Å². The van der Waals surface area contributed by atoms with Gasteiger partial charge in [-0.05, 0) is 56.1 Å². The summed E-state index contributed by atoms with van der Waals surface area (Å²) in [6, 6.07) is 6.27. The maximum atomic E-state index is 13.3. The first-order chi connectivity index (χ1) is 13.4. The molecule has 152 valence electrons. The highest BCUT2D eigenvalue weighted by atomic mass is 16.2. The SMILES string of the molecule is CCC(CC)C1CCN(C(=O)C2=C(C)N=[N+](c3cccc(C)c3C)C2C)CC1. The van der Waals surface area contributed by atoms with Gasteiger partial charge in [0.2, 0.25) is 11.7 Å². The van der Waals surface area contributed by atoms with Gasteiger partial charge in [-0.1, -0.05) is 43.5 Å². The summed E-state index contributed by atoms with van der Waals surface area (Å²) in [5.74, 6) is 1.76. The normalized spacial score (nSPS) is 20.9. The zero-order chi connectivity index (χ0) is 20.4. The number of carbonyl (C=O) groups excluding carboxylic acids is 1. The Bertz CT molecular complexity index is 796. The van der Waals surface area contributed by atoms with E-state index in [2.05, 4.69) is 57.7 Å². The first kappa shape index (κ1) is 20.8. The van der Waals surface area contributed by atoms with Crippen molar-refractivity contribution < 1.29 is 9.49 Å². The van der Waals surface area contributed by atoms with Crippen LogP contribution in [0.1, 0.15) is 64.5 Å². The number of allylic oxidation sites excluding steroid dienone is 1. The molecule has 3 rings (SSSR count). The molecule has 0 N–H and O–H groups in total. The Labute approximate surface area is 170 Å². The van der Waals surface area contributed by atoms with Crippen molar-refractivity contribution in [2.45, 2.75) is 73.3 Å². The molecular formula is C24H36N3O+. The summed E-state index contributed by atoms with van der Waals surface area (Å²) in [6.45, 7) is 14.7. The van der Waals surface area contributed by atoms with Crippen LogP contribution in [0.2, 0.25) is 0 Å². The average Bonchev–Trinajstić information content (AvgIpc) is 2.99. The number of piperidine rings is 1. The molecule has 0 saturated carbocycles. The lowest BCUT2D eigenvalue weighted by Crippen LogP contribution is -2.42. The Morgan fingerprint density at radius 3 is 2.43 bits per heavy atom. The average molecular weight is 383 g/mol. The Morgan fingerprint density at radius 2 is 1.82 bits per heavy atom. The van der Waals surface area contributed by atoms with Crippen molar-refractivity contribution in [2.75, 3.05) is 13.1 Å². The second-order valence-corrected chi connectivity index (χ2v) is 8.54. The van der Waals surface area contributed by atoms with E-state index in [1.165, 1.54) is 24.0 Å². The molecule has 1 fully saturated rings. The number of amides is 1. The molecule has 2 aliphatic heterocycles. The monoisotopic (exact) mass is 382 g/mol. The van der Waals surface area contributed by atoms with Crippen LogP contribution in [0.25, 0.3) is 0 Å². The van der Waals surface area contributed by atoms with Gasteiger partial charge >= 0.3 is 0 Å². The summed E-state index contributed by atoms with van der Waals surface area (Å²) in [4.78, 5) is 15.4. The van der Waals surface area contributed by atoms with E-state index in [4.69, 9.17) is 5.11 Å². The molecule has 1 aromatic rings. The van der Waals surface area contributed by atoms with Crippen molar-refractivity contribution in [3.63, 3.8) is 0 Å². The zero-order valence-corrected chi connectivity index (χ0v) is 18.5. The van der Waals surface area contributed by atoms with Crippen molar-refractivity contribution in [1.29, 1.82) is 0 Å². The molecule has 28 heavy (non-hydrogen) atoms. The van der Waals surface area contributed by atoms with Crippen LogP contribution >= 0.6 is 0 Å². The third-order valence-electron chi connectivity index (χ3n) is 7.03. The number of carbonyl (C=O) groups is 1. The molecule has 1 saturated heterocycles. The van der Waals surface area contributed by atoms with Crippen molar-refractivity contribution in [2.24, 2.45) is 17.0 Å². The highest BCUT2D eigenvalue weighted by Gasteiger charge is 2.40. The van der Waals surface area contributed by atoms with E-state index in [1.807, 2.05) is 11.6 Å². The second kappa shape index (κ2) is 8.59. The molecule has 4 heteroatoms. The summed E-state index contributed by atoms with van der Waals surface area (Å²) in [7, 11) is 0. The predicted octanol–water partition coefficient (Wildman–Crippen LogP) is 5.75. The molecule has 0 radical (unpaired) electrons. The van der Waals surface area contributed by atoms with Crippen molar-refractivity contribution in [1.82, 2.24) is 4.90 Å². The molecule has 1 atom stereocenters. The molecule has 0 aromatic heterocycles. The van der Waals surface area contributed by atoms with Crippen LogP contribution in [0.4, 0.5) is 5.69 Å². The number of hydrogen-bond acceptors (Lipinski definition) is 2. The number of benzene rings is 1. The topological polar surface area (TPSA) is 35.7 Å². The Kier molecular flexibility index (Phi) is 6.36. The van der Waals surface area contributed by atoms with Gasteiger partial charge in [0.1, 0.15) is 11.3 Å². The minimum absolute atomic E-state index is 0.0234. The number of azo groups is 2. The van der Waals surface area contributed by atoms with Gasteiger partial charge in [-0.2, -0.15) is 0 Å². The highest BCUT2D eigenvalue weighted by Crippen LogP contribution is 2.34. The minimum atomic E-state index is -0.0234. The van der Waals surface area contributed by atoms with E-state index < -0.39 is 0 Å². The van der Waals surface area contributed by atoms with Crippen LogP contribution in [0.3, 0.4) is 0 Å². The number of aryl methyl sites for hydroxylation is 1. The molecule has 0 spiro atoms. The fraction of sp³-hybridized carbons (Fsp3) is 0.625. The molecule has 1 amide bonds. The molecule has 2 aliphatic rings. The standard InChI is InChI=1S/C24H36N3O/c1-7-20(8-2)21-12-14-26(15-13-21)24(28)23-18(5)25-27(19(23)6)22-11-9-10-16(3)17(22)4/h9-11,19-21H,7-8,12-15H2,1-6H3/q+1. The number of rotatable bonds is 5. The molecule has 2 heterocycles. The lowest BCUT2D eigenvalue weighted by molar-refractivity contribution is -0.529. The van der Waals surface area contributed by atoms with Crippen LogP contribution in [0, 0.1) is 25.7 Å². The zero-order valence-electron chi connectivity index (χ0n) is 18.5. The van der Waals surface area contributed by atoms with Gasteiger partial charge in [0.25, 0.3) is 5.91 Å². The van der Waals surface area contributed by atoms with E-state index >= 15 is 0 Å². The van der Waals surface area contributed by atoms with Crippen LogP contribution in [0.5, 0.6) is 0 Å². The van der Waals surface area contributed by atoms with Gasteiger partial charge < -0.3 is 4.90 Å². The minimum Gasteiger partial charge on any atom is -0.339 e. The number of hydrogen-bond donors (Lipinski definition) is 0. The first-order valence-electron chi connectivity index (χ1n) is 11.0. The van der Waals surface area contributed by atoms with E-state index in [0.717, 1.165) is 54.7 Å². The highest BCUT2D eigenvalue weighted by molar-refractivity contribution is 5.95. The quantitative estimate of drug-likeness (QED) is 0.597. The summed E-state index contributed by atoms with van der Waals surface area (Å²) in [5, 5.41) is 4.77. The maximum absolute atomic E-state index is 13.3. The molecule has 0 aliphatic carbocycles. The van der Waals surface area contributed by atoms with Gasteiger partial charge in [0.15, 0.2) is 0 Å². The maximum Gasteiger partial charge on any atom is 0.258 e. The third-order valence-corrected chi connectivity index (χ3v) is 7.03. The fourth-order valence-electron chi connectivity index (χ4n) is 5.01. The van der Waals surface area contributed by atoms with Gasteiger partial charge in [-0.15, -0.1) is 0 Å². The summed E-state index contributed by atoms with van der Waals surface area (Å²) in [5.41, 5.74) is 5.30. The van der Waals surface area contributed by atoms with E-state index in [9.17, 15) is 4.79 Å². The van der Waals surface area contributed by atoms with Crippen LogP contribution < -0.4 is 0 Å². The number of nitrogens with zero attached hydrogens (tertiary/aromatic N) is 3. The van der Waals surface area contributed by atoms with Crippen molar-refractivity contribution in [3.8, 4) is 0 Å². The summed E-state index contributed by atoms with van der Waals surface area (Å²) < 4.78 is 2.03. The number of likely N-dealkylation sites (tertiary alicyclic amines) is 1. The predicted molar refractivity (Wildman–Crippen MR) is 114 cm³/mol. The Balaban J connectivity index is 1.72. The lowest BCUT2D eigenvalue weighted by atomic mass is 9.81. The smallest absolute Gasteiger partial charge is 0.258 e. The van der Waals surface area contributed by atoms with Crippen molar-refractivity contribution >= 4 is 11.6 Å². The fourth-order valence-corrected chi connectivity index (χ4v) is 5.01. The van der Waals surface area contributed by atoms with Gasteiger partial charge in [0.05, 0.1) is 0 Å². The second-order valence-electron chi connectivity index (χ2n) is 8.54. The molecule has 1 unspecified atom stereocenters. The largest absolute Gasteiger partial charge is 0.339 e. The van der Waals surface area contributed by atoms with Crippen LogP contribution in [0.15, 0.2) is 34.6 Å². The first-order valence-corrected chi connectivity index (χ1v) is 11.0. The Morgan fingerprint density at radius 1 is 1.18 bits per heavy atom. The van der Waals surface area contributed by atoms with Gasteiger partial charge in [0, 0.05) is 31.6 Å². The summed E-state index contributed by atoms with van der Waals surface area (Å²) >= 11 is 0. The van der Waals surface area contributed by atoms with Crippen molar-refractivity contribution in [3.05, 3.63) is 40.6 Å². The molecule has 4 nitrogen and oxygen atoms in total. The van der Waals surface area contributed by atoms with E-state index in [0.29, 0.717) is 0 Å². The van der Waals surface area contributed by atoms with Gasteiger partial charge in [-0.25, -0.2) is 0 Å². The van der Waals surface area contributed by atoms with E-state index in [-0.39, 0.29) is 11.9 Å². The Hall–Kier alpha value is -1.97. The molecule has 0 bridgehead atoms. The molecule has 1 aromatic carbocycles. The summed E-state index contributed by atoms with van der Waals surface area (Å²) in [6.07, 6.45) is 4.77. The van der Waals surface area contributed by atoms with Crippen LogP contribution in [-0.4, -0.2) is 34.6 Å². The van der Waals surface area contributed by atoms with E-state index in [1.54, 1.807) is 0 Å².